The molecule has 9 heterocycles. The second-order valence-electron chi connectivity index (χ2n) is 20.4. The number of aromatic nitrogens is 6. The first-order chi connectivity index (χ1) is 37.6. The molecular formula is C53H55F3N13O7S2-. The van der Waals surface area contributed by atoms with Crippen molar-refractivity contribution in [3.8, 4) is 21.6 Å². The average molecular weight is 1110 g/mol. The van der Waals surface area contributed by atoms with Gasteiger partial charge in [-0.15, -0.1) is 11.3 Å². The number of aryl methyl sites for hydroxylation is 1. The summed E-state index contributed by atoms with van der Waals surface area (Å²) in [6, 6.07) is 12.5. The second kappa shape index (κ2) is 21.9. The van der Waals surface area contributed by atoms with Crippen LogP contribution >= 0.6 is 11.3 Å². The Morgan fingerprint density at radius 2 is 1.68 bits per heavy atom. The van der Waals surface area contributed by atoms with Gasteiger partial charge in [0.2, 0.25) is 23.5 Å². The average Bonchev–Trinajstić information content (AvgIpc) is 4.30. The minimum Gasteiger partial charge on any atom is -0.754 e. The molecule has 2 aromatic carbocycles. The number of hydrogen-bond acceptors (Lipinski definition) is 17. The van der Waals surface area contributed by atoms with E-state index < -0.39 is 64.2 Å². The fourth-order valence-electron chi connectivity index (χ4n) is 10.8. The fraction of sp³-hybridized carbons (Fsp3) is 0.396. The number of anilines is 3. The van der Waals surface area contributed by atoms with Gasteiger partial charge in [-0.05, 0) is 48.6 Å². The molecule has 4 aliphatic rings. The highest BCUT2D eigenvalue weighted by Gasteiger charge is 2.44. The lowest BCUT2D eigenvalue weighted by molar-refractivity contribution is -0.141. The summed E-state index contributed by atoms with van der Waals surface area (Å²) < 4.78 is 76.2. The van der Waals surface area contributed by atoms with Gasteiger partial charge in [-0.3, -0.25) is 23.5 Å². The first-order valence-corrected chi connectivity index (χ1v) is 27.6. The molecule has 0 saturated carbocycles. The van der Waals surface area contributed by atoms with Crippen LogP contribution in [-0.2, 0) is 27.4 Å². The maximum atomic E-state index is 16.1. The van der Waals surface area contributed by atoms with Crippen molar-refractivity contribution < 1.29 is 45.9 Å². The highest BCUT2D eigenvalue weighted by molar-refractivity contribution is 7.80. The third kappa shape index (κ3) is 10.4. The van der Waals surface area contributed by atoms with Crippen molar-refractivity contribution in [2.75, 3.05) is 73.1 Å². The number of H-pyrrole nitrogens is 1. The molecule has 408 valence electrons. The van der Waals surface area contributed by atoms with E-state index in [0.29, 0.717) is 59.2 Å². The Hall–Kier alpha value is -7.16. The lowest BCUT2D eigenvalue weighted by Gasteiger charge is -2.48. The molecule has 4 fully saturated rings. The van der Waals surface area contributed by atoms with Crippen LogP contribution in [0.4, 0.5) is 30.6 Å². The number of β-amino-alcohol motifs (C(OH)–C–C–N with tert-alkyl or cyclic N) is 1. The number of piperazine rings is 1. The van der Waals surface area contributed by atoms with Crippen LogP contribution < -0.4 is 19.5 Å². The molecule has 11 rings (SSSR count). The number of thiazole rings is 1. The number of hydrogen-bond donors (Lipinski definition) is 3. The van der Waals surface area contributed by atoms with Crippen molar-refractivity contribution in [3.05, 3.63) is 119 Å². The van der Waals surface area contributed by atoms with E-state index in [1.54, 1.807) is 36.0 Å². The van der Waals surface area contributed by atoms with Crippen LogP contribution in [0.1, 0.15) is 65.5 Å². The minimum atomic E-state index is -3.10. The van der Waals surface area contributed by atoms with Crippen molar-refractivity contribution in [2.45, 2.75) is 70.4 Å². The van der Waals surface area contributed by atoms with Crippen molar-refractivity contribution in [1.82, 2.24) is 50.2 Å². The zero-order valence-corrected chi connectivity index (χ0v) is 44.4. The maximum Gasteiger partial charge on any atom is 0.243 e. The summed E-state index contributed by atoms with van der Waals surface area (Å²) in [5.74, 6) is -3.64. The number of pyridine rings is 1. The molecular weight excluding hydrogens is 1050 g/mol. The molecule has 0 bridgehead atoms. The smallest absolute Gasteiger partial charge is 0.243 e. The normalized spacial score (nSPS) is 20.2. The summed E-state index contributed by atoms with van der Waals surface area (Å²) in [5, 5.41) is 19.4. The number of alkyl halides is 1. The summed E-state index contributed by atoms with van der Waals surface area (Å²) in [6.45, 7) is 10.0. The van der Waals surface area contributed by atoms with Gasteiger partial charge in [0.1, 0.15) is 35.3 Å². The number of likely N-dealkylation sites (tertiary alicyclic amines) is 1. The minimum absolute atomic E-state index is 0.0235. The molecule has 4 saturated heterocycles. The Balaban J connectivity index is 0.681. The summed E-state index contributed by atoms with van der Waals surface area (Å²) in [4.78, 5) is 71.8. The third-order valence-corrected chi connectivity index (χ3v) is 16.8. The van der Waals surface area contributed by atoms with Crippen molar-refractivity contribution in [3.63, 3.8) is 0 Å². The number of aliphatic hydroxyl groups excluding tert-OH is 1. The number of aliphatic hydroxyl groups is 1. The standard InChI is InChI=1S/C53H56F3N13O7S2/c1-29(2)45(52(73)68-27-37(70)17-42(68)51(72)59-19-31-4-6-32(7-5-31)49-30(3)62-28-77-49)43-18-44(63-76-43)66-25-36(26-66)64-12-14-65(15-13-64)53-60-21-34(22-61-53)33-16-38-39(23-58-50(38)57-20-33)48(71)46-40(55)8-9-41(47(46)56)69(78(74)75)67-11-10-35(54)24-67/h4-9,16,18,20-23,28-29,35-37,42,45,70H,10-15,17,19,24-27H2,1-3H3,(H,57,58)(H,59,72)(H,74,75)/p-1/t35-,37-,42+,45?/m1/s1. The van der Waals surface area contributed by atoms with Gasteiger partial charge >= 0.3 is 0 Å². The molecule has 20 nitrogen and oxygen atoms in total. The molecule has 0 radical (unpaired) electrons. The number of fused-ring (bicyclic) bond motifs is 1. The van der Waals surface area contributed by atoms with Crippen molar-refractivity contribution in [2.24, 2.45) is 5.92 Å². The van der Waals surface area contributed by atoms with Crippen LogP contribution in [-0.4, -0.2) is 160 Å². The predicted octanol–water partition coefficient (Wildman–Crippen LogP) is 5.54. The molecule has 5 aromatic heterocycles. The lowest BCUT2D eigenvalue weighted by Crippen LogP contribution is -2.63. The van der Waals surface area contributed by atoms with Gasteiger partial charge in [0.15, 0.2) is 17.4 Å². The summed E-state index contributed by atoms with van der Waals surface area (Å²) in [7, 11) is 0. The highest BCUT2D eigenvalue weighted by Crippen LogP contribution is 2.36. The number of halogens is 3. The van der Waals surface area contributed by atoms with Gasteiger partial charge < -0.3 is 39.2 Å². The molecule has 25 heteroatoms. The number of rotatable bonds is 16. The number of nitrogens with one attached hydrogen (secondary N) is 2. The predicted molar refractivity (Wildman–Crippen MR) is 284 cm³/mol. The van der Waals surface area contributed by atoms with E-state index in [0.717, 1.165) is 51.9 Å². The van der Waals surface area contributed by atoms with Crippen LogP contribution in [0.2, 0.25) is 0 Å². The topological polar surface area (TPSA) is 236 Å². The van der Waals surface area contributed by atoms with Crippen molar-refractivity contribution >= 4 is 68.7 Å². The van der Waals surface area contributed by atoms with E-state index in [1.807, 2.05) is 56.6 Å². The summed E-state index contributed by atoms with van der Waals surface area (Å²) in [6.07, 6.45) is 4.08. The first-order valence-electron chi connectivity index (χ1n) is 25.7. The monoisotopic (exact) mass is 1110 g/mol. The Morgan fingerprint density at radius 3 is 2.36 bits per heavy atom. The maximum absolute atomic E-state index is 16.1. The molecule has 78 heavy (non-hydrogen) atoms. The molecule has 3 N–H and O–H groups in total. The van der Waals surface area contributed by atoms with Gasteiger partial charge in [0, 0.05) is 124 Å². The zero-order valence-electron chi connectivity index (χ0n) is 42.7. The van der Waals surface area contributed by atoms with E-state index in [2.05, 4.69) is 50.1 Å². The third-order valence-electron chi connectivity index (χ3n) is 15.1. The van der Waals surface area contributed by atoms with E-state index in [-0.39, 0.29) is 79.4 Å². The highest BCUT2D eigenvalue weighted by atomic mass is 32.2. The number of ketones is 1. The van der Waals surface area contributed by atoms with Crippen LogP contribution in [0.25, 0.3) is 32.6 Å². The lowest BCUT2D eigenvalue weighted by atomic mass is 9.91. The Labute approximate surface area is 452 Å². The molecule has 7 aromatic rings. The Kier molecular flexibility index (Phi) is 14.9. The van der Waals surface area contributed by atoms with Gasteiger partial charge in [0.25, 0.3) is 0 Å². The van der Waals surface area contributed by atoms with Crippen LogP contribution in [0.5, 0.6) is 0 Å². The number of hydrazine groups is 1. The van der Waals surface area contributed by atoms with E-state index >= 15 is 8.78 Å². The number of carbonyl (C=O) groups is 3. The summed E-state index contributed by atoms with van der Waals surface area (Å²) in [5.41, 5.74) is 4.42. The van der Waals surface area contributed by atoms with Crippen LogP contribution in [0, 0.1) is 24.5 Å². The van der Waals surface area contributed by atoms with E-state index in [9.17, 15) is 32.6 Å². The van der Waals surface area contributed by atoms with E-state index in [4.69, 9.17) is 4.52 Å². The van der Waals surface area contributed by atoms with Gasteiger partial charge in [0.05, 0.1) is 45.6 Å². The summed E-state index contributed by atoms with van der Waals surface area (Å²) >= 11 is -1.52. The molecule has 2 amide bonds. The molecule has 0 aliphatic carbocycles. The number of nitrogens with zero attached hydrogens (tertiary/aromatic N) is 11. The quantitative estimate of drug-likeness (QED) is 0.0796. The van der Waals surface area contributed by atoms with E-state index in [1.165, 1.54) is 11.1 Å². The number of benzene rings is 2. The van der Waals surface area contributed by atoms with Crippen LogP contribution in [0.3, 0.4) is 0 Å². The number of carbonyl (C=O) groups excluding carboxylic acids is 3. The Morgan fingerprint density at radius 1 is 0.936 bits per heavy atom. The number of amides is 2. The van der Waals surface area contributed by atoms with Gasteiger partial charge in [-0.25, -0.2) is 42.5 Å². The molecule has 4 aliphatic heterocycles. The zero-order chi connectivity index (χ0) is 54.5. The molecule has 5 atom stereocenters. The molecule has 2 unspecified atom stereocenters. The van der Waals surface area contributed by atoms with Crippen LogP contribution in [0.15, 0.2) is 83.4 Å². The van der Waals surface area contributed by atoms with Gasteiger partial charge in [-0.1, -0.05) is 43.3 Å². The largest absolute Gasteiger partial charge is 0.754 e. The SMILES string of the molecule is Cc1ncsc1-c1ccc(CNC(=O)[C@@H]2C[C@@H](O)CN2C(=O)C(c2cc(N3CC(N4CCN(c5ncc(-c6cnc7[nH]cc(C(=O)c8c(F)ccc(N(N9CC[C@@H](F)C9)S(=O)[O-])c8F)c7c6)cn5)CC4)C3)no2)C(C)C)cc1. The van der Waals surface area contributed by atoms with Gasteiger partial charge in [-0.2, -0.15) is 0 Å². The molecule has 0 spiro atoms. The second-order valence-corrected chi connectivity index (χ2v) is 22.1. The first kappa shape index (κ1) is 52.9. The number of aromatic amines is 1. The van der Waals surface area contributed by atoms with Crippen molar-refractivity contribution in [1.29, 1.82) is 0 Å². The Bertz CT molecular complexity index is 3380. The fourth-order valence-corrected chi connectivity index (χ4v) is 12.3.